The van der Waals surface area contributed by atoms with E-state index >= 15 is 0 Å². The van der Waals surface area contributed by atoms with Crippen LogP contribution in [0.2, 0.25) is 0 Å². The van der Waals surface area contributed by atoms with Gasteiger partial charge in [0.15, 0.2) is 0 Å². The first kappa shape index (κ1) is 6.78. The molecule has 2 N–H and O–H groups in total. The second-order valence-corrected chi connectivity index (χ2v) is 3.37. The van der Waals surface area contributed by atoms with Gasteiger partial charge in [0.05, 0.1) is 0 Å². The normalized spacial score (nSPS) is 11.9. The molecule has 2 heteroatoms. The monoisotopic (exact) mass is 140 g/mol. The van der Waals surface area contributed by atoms with E-state index < -0.39 is 0 Å². The molecule has 1 heterocycles. The number of nitrogens with two attached hydrogens (primary N) is 1. The van der Waals surface area contributed by atoms with Crippen LogP contribution in [-0.2, 0) is 5.54 Å². The Balaban J connectivity index is 2.90. The first-order valence-corrected chi connectivity index (χ1v) is 3.73. The molecule has 0 amide bonds. The zero-order valence-electron chi connectivity index (χ0n) is 5.64. The lowest BCUT2D eigenvalue weighted by atomic mass is 10.00. The average molecular weight is 140 g/mol. The van der Waals surface area contributed by atoms with Crippen LogP contribution in [-0.4, -0.2) is 0 Å². The van der Waals surface area contributed by atoms with Gasteiger partial charge in [0, 0.05) is 10.9 Å². The molecule has 0 spiro atoms. The predicted molar refractivity (Wildman–Crippen MR) is 40.4 cm³/mol. The van der Waals surface area contributed by atoms with Gasteiger partial charge in [-0.05, 0) is 30.9 Å². The van der Waals surface area contributed by atoms with E-state index in [2.05, 4.69) is 5.38 Å². The summed E-state index contributed by atoms with van der Waals surface area (Å²) in [7, 11) is 0. The highest BCUT2D eigenvalue weighted by Gasteiger charge is 2.13. The van der Waals surface area contributed by atoms with Crippen LogP contribution in [0.15, 0.2) is 11.4 Å². The van der Waals surface area contributed by atoms with Crippen LogP contribution in [0.5, 0.6) is 0 Å². The van der Waals surface area contributed by atoms with Crippen LogP contribution in [0.25, 0.3) is 0 Å². The lowest BCUT2D eigenvalue weighted by Crippen LogP contribution is -2.27. The van der Waals surface area contributed by atoms with Crippen LogP contribution in [0.4, 0.5) is 0 Å². The Morgan fingerprint density at radius 3 is 2.56 bits per heavy atom. The number of thiophene rings is 1. The minimum atomic E-state index is -0.222. The lowest BCUT2D eigenvalue weighted by molar-refractivity contribution is 0.556. The van der Waals surface area contributed by atoms with Gasteiger partial charge in [0.1, 0.15) is 0 Å². The van der Waals surface area contributed by atoms with E-state index in [1.807, 2.05) is 25.3 Å². The summed E-state index contributed by atoms with van der Waals surface area (Å²) in [6.45, 7) is 3.96. The molecule has 49 valence electrons. The Bertz CT molecular complexity index is 171. The van der Waals surface area contributed by atoms with E-state index in [0.717, 1.165) is 5.56 Å². The maximum absolute atomic E-state index is 5.78. The number of hydrogen-bond donors (Lipinski definition) is 1. The van der Waals surface area contributed by atoms with E-state index in [1.54, 1.807) is 11.3 Å². The molecule has 0 aliphatic carbocycles. The Morgan fingerprint density at radius 1 is 1.67 bits per heavy atom. The molecule has 0 saturated carbocycles. The fraction of sp³-hybridized carbons (Fsp3) is 0.429. The summed E-state index contributed by atoms with van der Waals surface area (Å²) in [5.41, 5.74) is 6.64. The molecular weight excluding hydrogens is 130 g/mol. The third-order valence-electron chi connectivity index (χ3n) is 1.17. The SMILES string of the molecule is CC(C)(N)c1[c]scc1. The summed E-state index contributed by atoms with van der Waals surface area (Å²) in [5.74, 6) is 0. The van der Waals surface area contributed by atoms with Gasteiger partial charge in [-0.1, -0.05) is 0 Å². The lowest BCUT2D eigenvalue weighted by Gasteiger charge is -2.15. The fourth-order valence-corrected chi connectivity index (χ4v) is 1.31. The molecule has 0 fully saturated rings. The van der Waals surface area contributed by atoms with E-state index in [1.165, 1.54) is 0 Å². The van der Waals surface area contributed by atoms with Crippen molar-refractivity contribution in [2.24, 2.45) is 5.73 Å². The Labute approximate surface area is 59.5 Å². The third-order valence-corrected chi connectivity index (χ3v) is 1.78. The molecule has 0 atom stereocenters. The van der Waals surface area contributed by atoms with E-state index in [-0.39, 0.29) is 5.54 Å². The average Bonchev–Trinajstić information content (AvgIpc) is 2.08. The van der Waals surface area contributed by atoms with Gasteiger partial charge in [-0.2, -0.15) is 0 Å². The second kappa shape index (κ2) is 2.12. The zero-order valence-corrected chi connectivity index (χ0v) is 6.46. The molecule has 0 bridgehead atoms. The smallest absolute Gasteiger partial charge is 0.0496 e. The van der Waals surface area contributed by atoms with Crippen LogP contribution < -0.4 is 5.73 Å². The van der Waals surface area contributed by atoms with Gasteiger partial charge in [-0.25, -0.2) is 0 Å². The minimum Gasteiger partial charge on any atom is -0.322 e. The molecule has 9 heavy (non-hydrogen) atoms. The van der Waals surface area contributed by atoms with Crippen molar-refractivity contribution in [3.05, 3.63) is 22.4 Å². The van der Waals surface area contributed by atoms with Gasteiger partial charge in [0.2, 0.25) is 0 Å². The maximum Gasteiger partial charge on any atom is 0.0496 e. The van der Waals surface area contributed by atoms with Crippen molar-refractivity contribution in [1.29, 1.82) is 0 Å². The van der Waals surface area contributed by atoms with Gasteiger partial charge in [0.25, 0.3) is 0 Å². The largest absolute Gasteiger partial charge is 0.322 e. The first-order valence-electron chi connectivity index (χ1n) is 2.85. The van der Waals surface area contributed by atoms with E-state index in [0.29, 0.717) is 0 Å². The van der Waals surface area contributed by atoms with Crippen molar-refractivity contribution < 1.29 is 0 Å². The highest BCUT2D eigenvalue weighted by Crippen LogP contribution is 2.17. The molecule has 1 aromatic heterocycles. The van der Waals surface area contributed by atoms with Crippen molar-refractivity contribution in [2.75, 3.05) is 0 Å². The van der Waals surface area contributed by atoms with Crippen LogP contribution in [0, 0.1) is 5.38 Å². The quantitative estimate of drug-likeness (QED) is 0.631. The highest BCUT2D eigenvalue weighted by atomic mass is 32.1. The van der Waals surface area contributed by atoms with E-state index in [9.17, 15) is 0 Å². The summed E-state index contributed by atoms with van der Waals surface area (Å²) in [6.07, 6.45) is 0. The van der Waals surface area contributed by atoms with Crippen LogP contribution in [0.1, 0.15) is 19.4 Å². The van der Waals surface area contributed by atoms with Crippen molar-refractivity contribution in [2.45, 2.75) is 19.4 Å². The highest BCUT2D eigenvalue weighted by molar-refractivity contribution is 7.07. The van der Waals surface area contributed by atoms with Crippen molar-refractivity contribution in [3.63, 3.8) is 0 Å². The van der Waals surface area contributed by atoms with Crippen molar-refractivity contribution in [1.82, 2.24) is 0 Å². The van der Waals surface area contributed by atoms with Gasteiger partial charge in [-0.3, -0.25) is 0 Å². The van der Waals surface area contributed by atoms with Crippen molar-refractivity contribution in [3.8, 4) is 0 Å². The molecule has 0 aromatic carbocycles. The van der Waals surface area contributed by atoms with Gasteiger partial charge in [-0.15, -0.1) is 11.3 Å². The predicted octanol–water partition coefficient (Wildman–Crippen LogP) is 1.74. The van der Waals surface area contributed by atoms with Gasteiger partial charge >= 0.3 is 0 Å². The number of hydrogen-bond acceptors (Lipinski definition) is 2. The number of rotatable bonds is 1. The topological polar surface area (TPSA) is 26.0 Å². The van der Waals surface area contributed by atoms with Crippen molar-refractivity contribution >= 4 is 11.3 Å². The van der Waals surface area contributed by atoms with Gasteiger partial charge < -0.3 is 5.73 Å². The molecule has 1 radical (unpaired) electrons. The zero-order chi connectivity index (χ0) is 6.91. The summed E-state index contributed by atoms with van der Waals surface area (Å²) in [6, 6.07) is 2.00. The van der Waals surface area contributed by atoms with Crippen LogP contribution in [0.3, 0.4) is 0 Å². The molecule has 0 unspecified atom stereocenters. The standard InChI is InChI=1S/C7H10NS/c1-7(2,8)6-3-4-9-5-6/h3-4H,8H2,1-2H3. The molecular formula is C7H10NS. The fourth-order valence-electron chi connectivity index (χ4n) is 0.580. The second-order valence-electron chi connectivity index (χ2n) is 2.66. The minimum absolute atomic E-state index is 0.222. The molecule has 0 aliphatic heterocycles. The summed E-state index contributed by atoms with van der Waals surface area (Å²) in [5, 5.41) is 5.08. The first-order chi connectivity index (χ1) is 4.11. The third kappa shape index (κ3) is 1.53. The van der Waals surface area contributed by atoms with Crippen LogP contribution >= 0.6 is 11.3 Å². The Hall–Kier alpha value is -0.340. The molecule has 1 rings (SSSR count). The Kier molecular flexibility index (Phi) is 1.60. The maximum atomic E-state index is 5.78. The summed E-state index contributed by atoms with van der Waals surface area (Å²) < 4.78 is 0. The van der Waals surface area contributed by atoms with E-state index in [4.69, 9.17) is 5.73 Å². The summed E-state index contributed by atoms with van der Waals surface area (Å²) >= 11 is 1.56. The Morgan fingerprint density at radius 2 is 2.33 bits per heavy atom. The molecule has 1 aromatic rings. The molecule has 1 nitrogen and oxygen atoms in total. The molecule has 0 aliphatic rings. The summed E-state index contributed by atoms with van der Waals surface area (Å²) in [4.78, 5) is 0. The molecule has 0 saturated heterocycles.